The molecule has 1 fully saturated rings. The predicted molar refractivity (Wildman–Crippen MR) is 65.2 cm³/mol. The summed E-state index contributed by atoms with van der Waals surface area (Å²) in [6.45, 7) is 2.52. The summed E-state index contributed by atoms with van der Waals surface area (Å²) in [5.74, 6) is 2.88. The van der Waals surface area contributed by atoms with E-state index in [1.807, 2.05) is 18.8 Å². The van der Waals surface area contributed by atoms with Crippen molar-refractivity contribution in [2.75, 3.05) is 24.6 Å². The topological polar surface area (TPSA) is 72.3 Å². The summed E-state index contributed by atoms with van der Waals surface area (Å²) in [7, 11) is 1.85. The lowest BCUT2D eigenvalue weighted by Crippen LogP contribution is -2.42. The van der Waals surface area contributed by atoms with Gasteiger partial charge >= 0.3 is 0 Å². The van der Waals surface area contributed by atoms with Crippen LogP contribution in [0, 0.1) is 0 Å². The van der Waals surface area contributed by atoms with Crippen molar-refractivity contribution in [3.63, 3.8) is 0 Å². The van der Waals surface area contributed by atoms with Crippen LogP contribution in [0.2, 0.25) is 0 Å². The molecule has 2 N–H and O–H groups in total. The van der Waals surface area contributed by atoms with Gasteiger partial charge in [-0.1, -0.05) is 5.21 Å². The van der Waals surface area contributed by atoms with Gasteiger partial charge in [0.25, 0.3) is 0 Å². The van der Waals surface area contributed by atoms with E-state index in [9.17, 15) is 0 Å². The molecule has 0 saturated carbocycles. The molecule has 6 nitrogen and oxygen atoms in total. The van der Waals surface area contributed by atoms with Crippen molar-refractivity contribution in [1.29, 1.82) is 0 Å². The van der Waals surface area contributed by atoms with Gasteiger partial charge in [-0.05, 0) is 0 Å². The number of aromatic nitrogens is 3. The number of thioether (sulfide) groups is 1. The molecule has 0 unspecified atom stereocenters. The van der Waals surface area contributed by atoms with E-state index >= 15 is 0 Å². The molecule has 88 valence electrons. The highest BCUT2D eigenvalue weighted by Crippen LogP contribution is 2.08. The normalized spacial score (nSPS) is 17.8. The van der Waals surface area contributed by atoms with Gasteiger partial charge in [0, 0.05) is 31.6 Å². The molecule has 1 saturated heterocycles. The Balaban J connectivity index is 1.93. The van der Waals surface area contributed by atoms with Crippen LogP contribution in [0.5, 0.6) is 0 Å². The quantitative estimate of drug-likeness (QED) is 0.566. The minimum atomic E-state index is 0.541. The van der Waals surface area contributed by atoms with Crippen molar-refractivity contribution in [3.05, 3.63) is 11.9 Å². The van der Waals surface area contributed by atoms with Gasteiger partial charge < -0.3 is 10.6 Å². The van der Waals surface area contributed by atoms with Crippen LogP contribution in [0.15, 0.2) is 11.2 Å². The maximum atomic E-state index is 5.93. The van der Waals surface area contributed by atoms with E-state index in [-0.39, 0.29) is 0 Å². The van der Waals surface area contributed by atoms with Gasteiger partial charge in [-0.15, -0.1) is 5.10 Å². The molecule has 0 aliphatic carbocycles. The molecule has 0 aromatic carbocycles. The molecule has 0 atom stereocenters. The Labute approximate surface area is 98.9 Å². The highest BCUT2D eigenvalue weighted by atomic mass is 32.2. The van der Waals surface area contributed by atoms with Crippen molar-refractivity contribution in [2.24, 2.45) is 17.8 Å². The van der Waals surface area contributed by atoms with Gasteiger partial charge in [0.1, 0.15) is 0 Å². The summed E-state index contributed by atoms with van der Waals surface area (Å²) >= 11 is 1.96. The van der Waals surface area contributed by atoms with Crippen molar-refractivity contribution < 1.29 is 0 Å². The van der Waals surface area contributed by atoms with Crippen molar-refractivity contribution in [3.8, 4) is 0 Å². The van der Waals surface area contributed by atoms with Crippen LogP contribution in [-0.2, 0) is 13.6 Å². The number of hydrogen-bond acceptors (Lipinski definition) is 4. The second-order valence-electron chi connectivity index (χ2n) is 3.62. The van der Waals surface area contributed by atoms with E-state index in [1.54, 1.807) is 10.9 Å². The van der Waals surface area contributed by atoms with E-state index in [0.29, 0.717) is 12.5 Å². The Morgan fingerprint density at radius 1 is 1.56 bits per heavy atom. The SMILES string of the molecule is Cn1nncc1CN=C(N)N1CCSCC1. The van der Waals surface area contributed by atoms with Gasteiger partial charge in [-0.25, -0.2) is 4.99 Å². The molecule has 16 heavy (non-hydrogen) atoms. The molecule has 7 heteroatoms. The molecule has 1 aliphatic heterocycles. The van der Waals surface area contributed by atoms with Crippen molar-refractivity contribution in [1.82, 2.24) is 19.9 Å². The monoisotopic (exact) mass is 240 g/mol. The first-order chi connectivity index (χ1) is 7.77. The molecule has 2 rings (SSSR count). The molecule has 1 aliphatic rings. The van der Waals surface area contributed by atoms with Crippen LogP contribution in [0.4, 0.5) is 0 Å². The van der Waals surface area contributed by atoms with Crippen LogP contribution in [0.3, 0.4) is 0 Å². The Morgan fingerprint density at radius 2 is 2.31 bits per heavy atom. The highest BCUT2D eigenvalue weighted by molar-refractivity contribution is 7.99. The van der Waals surface area contributed by atoms with Crippen LogP contribution >= 0.6 is 11.8 Å². The number of nitrogens with two attached hydrogens (primary N) is 1. The lowest BCUT2D eigenvalue weighted by atomic mass is 10.4. The standard InChI is InChI=1S/C9H16N6S/c1-14-8(7-12-13-14)6-11-9(10)15-2-4-16-5-3-15/h7H,2-6H2,1H3,(H2,10,11). The molecular formula is C9H16N6S. The zero-order chi connectivity index (χ0) is 11.4. The molecule has 1 aromatic rings. The van der Waals surface area contributed by atoms with Gasteiger partial charge in [-0.3, -0.25) is 4.68 Å². The first-order valence-corrected chi connectivity index (χ1v) is 6.39. The fraction of sp³-hybridized carbons (Fsp3) is 0.667. The molecule has 0 radical (unpaired) electrons. The van der Waals surface area contributed by atoms with Crippen molar-refractivity contribution in [2.45, 2.75) is 6.54 Å². The predicted octanol–water partition coefficient (Wildman–Crippen LogP) is -0.321. The second-order valence-corrected chi connectivity index (χ2v) is 4.85. The zero-order valence-corrected chi connectivity index (χ0v) is 10.2. The Kier molecular flexibility index (Phi) is 3.66. The molecule has 2 heterocycles. The Morgan fingerprint density at radius 3 is 2.94 bits per heavy atom. The summed E-state index contributed by atoms with van der Waals surface area (Å²) in [6, 6.07) is 0. The average Bonchev–Trinajstić information content (AvgIpc) is 2.73. The molecule has 0 bridgehead atoms. The lowest BCUT2D eigenvalue weighted by molar-refractivity contribution is 0.455. The average molecular weight is 240 g/mol. The Hall–Kier alpha value is -1.24. The number of rotatable bonds is 2. The first-order valence-electron chi connectivity index (χ1n) is 5.23. The fourth-order valence-electron chi connectivity index (χ4n) is 1.51. The lowest BCUT2D eigenvalue weighted by Gasteiger charge is -2.27. The molecular weight excluding hydrogens is 224 g/mol. The van der Waals surface area contributed by atoms with Gasteiger partial charge in [0.2, 0.25) is 0 Å². The van der Waals surface area contributed by atoms with Crippen LogP contribution in [-0.4, -0.2) is 50.4 Å². The van der Waals surface area contributed by atoms with Crippen LogP contribution in [0.25, 0.3) is 0 Å². The number of nitrogens with zero attached hydrogens (tertiary/aromatic N) is 5. The van der Waals surface area contributed by atoms with Crippen LogP contribution < -0.4 is 5.73 Å². The highest BCUT2D eigenvalue weighted by Gasteiger charge is 2.12. The molecule has 0 spiro atoms. The minimum Gasteiger partial charge on any atom is -0.370 e. The third-order valence-corrected chi connectivity index (χ3v) is 3.49. The van der Waals surface area contributed by atoms with Crippen LogP contribution in [0.1, 0.15) is 5.69 Å². The summed E-state index contributed by atoms with van der Waals surface area (Å²) in [4.78, 5) is 6.49. The minimum absolute atomic E-state index is 0.541. The smallest absolute Gasteiger partial charge is 0.191 e. The van der Waals surface area contributed by atoms with Gasteiger partial charge in [0.15, 0.2) is 5.96 Å². The maximum Gasteiger partial charge on any atom is 0.191 e. The van der Waals surface area contributed by atoms with Gasteiger partial charge in [-0.2, -0.15) is 11.8 Å². The Bertz CT molecular complexity index is 368. The third kappa shape index (κ3) is 2.66. The first kappa shape index (κ1) is 11.3. The van der Waals surface area contributed by atoms with Crippen molar-refractivity contribution >= 4 is 17.7 Å². The number of aryl methyl sites for hydroxylation is 1. The van der Waals surface area contributed by atoms with E-state index in [2.05, 4.69) is 20.2 Å². The third-order valence-electron chi connectivity index (χ3n) is 2.55. The van der Waals surface area contributed by atoms with E-state index in [1.165, 1.54) is 0 Å². The summed E-state index contributed by atoms with van der Waals surface area (Å²) in [5.41, 5.74) is 6.90. The van der Waals surface area contributed by atoms with E-state index in [4.69, 9.17) is 5.73 Å². The fourth-order valence-corrected chi connectivity index (χ4v) is 2.41. The number of aliphatic imine (C=N–C) groups is 1. The largest absolute Gasteiger partial charge is 0.370 e. The molecule has 0 amide bonds. The number of hydrogen-bond donors (Lipinski definition) is 1. The zero-order valence-electron chi connectivity index (χ0n) is 9.33. The summed E-state index contributed by atoms with van der Waals surface area (Å²) in [6.07, 6.45) is 1.71. The second kappa shape index (κ2) is 5.20. The van der Waals surface area contributed by atoms with E-state index < -0.39 is 0 Å². The maximum absolute atomic E-state index is 5.93. The van der Waals surface area contributed by atoms with E-state index in [0.717, 1.165) is 30.3 Å². The summed E-state index contributed by atoms with van der Waals surface area (Å²) < 4.78 is 1.71. The molecule has 1 aromatic heterocycles. The summed E-state index contributed by atoms with van der Waals surface area (Å²) in [5, 5.41) is 7.64. The van der Waals surface area contributed by atoms with Gasteiger partial charge in [0.05, 0.1) is 18.4 Å². The number of guanidine groups is 1.